The lowest BCUT2D eigenvalue weighted by atomic mass is 10.2. The van der Waals surface area contributed by atoms with Crippen LogP contribution in [0.5, 0.6) is 0 Å². The van der Waals surface area contributed by atoms with Crippen molar-refractivity contribution in [2.24, 2.45) is 5.73 Å². The highest BCUT2D eigenvalue weighted by atomic mass is 16.6. The van der Waals surface area contributed by atoms with Gasteiger partial charge in [0.15, 0.2) is 0 Å². The van der Waals surface area contributed by atoms with Crippen molar-refractivity contribution < 1.29 is 9.53 Å². The Kier molecular flexibility index (Phi) is 3.84. The first-order valence-corrected chi connectivity index (χ1v) is 5.07. The number of pyridine rings is 1. The summed E-state index contributed by atoms with van der Waals surface area (Å²) in [6, 6.07) is 5.26. The van der Waals surface area contributed by atoms with Gasteiger partial charge in [0.25, 0.3) is 0 Å². The normalized spacial score (nSPS) is 11.0. The standard InChI is InChI=1S/C11H17N3O2/c1-11(2,3)16-10(15)14-9-6-4-5-8(7-12)13-9/h4-6H,7,12H2,1-3H3,(H,13,14,15). The highest BCUT2D eigenvalue weighted by molar-refractivity contribution is 5.83. The fraction of sp³-hybridized carbons (Fsp3) is 0.455. The Morgan fingerprint density at radius 3 is 2.75 bits per heavy atom. The van der Waals surface area contributed by atoms with E-state index in [4.69, 9.17) is 10.5 Å². The lowest BCUT2D eigenvalue weighted by Crippen LogP contribution is -2.27. The molecule has 0 saturated carbocycles. The minimum absolute atomic E-state index is 0.337. The quantitative estimate of drug-likeness (QED) is 0.802. The molecule has 5 nitrogen and oxygen atoms in total. The van der Waals surface area contributed by atoms with Crippen LogP contribution in [0.2, 0.25) is 0 Å². The number of rotatable bonds is 2. The number of anilines is 1. The monoisotopic (exact) mass is 223 g/mol. The molecule has 0 radical (unpaired) electrons. The summed E-state index contributed by atoms with van der Waals surface area (Å²) in [6.45, 7) is 5.74. The van der Waals surface area contributed by atoms with Crippen LogP contribution >= 0.6 is 0 Å². The molecule has 0 aliphatic carbocycles. The summed E-state index contributed by atoms with van der Waals surface area (Å²) in [5.41, 5.74) is 5.64. The predicted octanol–water partition coefficient (Wildman–Crippen LogP) is 1.89. The summed E-state index contributed by atoms with van der Waals surface area (Å²) in [7, 11) is 0. The Balaban J connectivity index is 2.62. The summed E-state index contributed by atoms with van der Waals surface area (Å²) < 4.78 is 5.09. The molecule has 1 aromatic heterocycles. The van der Waals surface area contributed by atoms with Gasteiger partial charge in [-0.25, -0.2) is 9.78 Å². The van der Waals surface area contributed by atoms with Crippen molar-refractivity contribution in [3.8, 4) is 0 Å². The molecule has 1 rings (SSSR count). The Bertz CT molecular complexity index is 372. The molecule has 1 amide bonds. The Labute approximate surface area is 95.0 Å². The van der Waals surface area contributed by atoms with Gasteiger partial charge in [0.2, 0.25) is 0 Å². The van der Waals surface area contributed by atoms with E-state index in [0.717, 1.165) is 0 Å². The zero-order chi connectivity index (χ0) is 12.2. The largest absolute Gasteiger partial charge is 0.444 e. The molecule has 0 unspecified atom stereocenters. The number of nitrogens with one attached hydrogen (secondary N) is 1. The third-order valence-electron chi connectivity index (χ3n) is 1.64. The van der Waals surface area contributed by atoms with Crippen LogP contribution in [-0.4, -0.2) is 16.7 Å². The topological polar surface area (TPSA) is 77.2 Å². The third-order valence-corrected chi connectivity index (χ3v) is 1.64. The van der Waals surface area contributed by atoms with E-state index in [1.54, 1.807) is 39.0 Å². The Hall–Kier alpha value is -1.62. The van der Waals surface area contributed by atoms with E-state index in [9.17, 15) is 4.79 Å². The number of carbonyl (C=O) groups excluding carboxylic acids is 1. The minimum atomic E-state index is -0.519. The molecule has 0 aliphatic rings. The zero-order valence-corrected chi connectivity index (χ0v) is 9.78. The molecular weight excluding hydrogens is 206 g/mol. The molecule has 0 bridgehead atoms. The maximum atomic E-state index is 11.4. The fourth-order valence-corrected chi connectivity index (χ4v) is 1.07. The molecule has 0 aromatic carbocycles. The second-order valence-electron chi connectivity index (χ2n) is 4.35. The van der Waals surface area contributed by atoms with Gasteiger partial charge in [-0.05, 0) is 32.9 Å². The summed E-state index contributed by atoms with van der Waals surface area (Å²) >= 11 is 0. The summed E-state index contributed by atoms with van der Waals surface area (Å²) in [5, 5.41) is 2.55. The third kappa shape index (κ3) is 4.27. The number of hydrogen-bond acceptors (Lipinski definition) is 4. The Morgan fingerprint density at radius 1 is 1.50 bits per heavy atom. The lowest BCUT2D eigenvalue weighted by molar-refractivity contribution is 0.0635. The molecule has 0 spiro atoms. The van der Waals surface area contributed by atoms with Crippen molar-refractivity contribution in [3.63, 3.8) is 0 Å². The highest BCUT2D eigenvalue weighted by Crippen LogP contribution is 2.10. The van der Waals surface area contributed by atoms with Crippen molar-refractivity contribution in [1.82, 2.24) is 4.98 Å². The smallest absolute Gasteiger partial charge is 0.413 e. The first-order valence-electron chi connectivity index (χ1n) is 5.07. The van der Waals surface area contributed by atoms with E-state index in [1.807, 2.05) is 0 Å². The summed E-state index contributed by atoms with van der Waals surface area (Å²) in [6.07, 6.45) is -0.519. The summed E-state index contributed by atoms with van der Waals surface area (Å²) in [4.78, 5) is 15.5. The van der Waals surface area contributed by atoms with Gasteiger partial charge in [-0.1, -0.05) is 6.07 Å². The molecule has 88 valence electrons. The first-order chi connectivity index (χ1) is 7.40. The van der Waals surface area contributed by atoms with Crippen LogP contribution < -0.4 is 11.1 Å². The fourth-order valence-electron chi connectivity index (χ4n) is 1.07. The van der Waals surface area contributed by atoms with Gasteiger partial charge in [0.05, 0.1) is 5.69 Å². The van der Waals surface area contributed by atoms with Gasteiger partial charge < -0.3 is 10.5 Å². The van der Waals surface area contributed by atoms with Crippen LogP contribution in [0.25, 0.3) is 0 Å². The average molecular weight is 223 g/mol. The highest BCUT2D eigenvalue weighted by Gasteiger charge is 2.16. The van der Waals surface area contributed by atoms with Gasteiger partial charge in [0.1, 0.15) is 11.4 Å². The van der Waals surface area contributed by atoms with Crippen molar-refractivity contribution in [3.05, 3.63) is 23.9 Å². The maximum absolute atomic E-state index is 11.4. The number of ether oxygens (including phenoxy) is 1. The average Bonchev–Trinajstić information content (AvgIpc) is 2.15. The number of amides is 1. The molecule has 0 fully saturated rings. The van der Waals surface area contributed by atoms with Crippen molar-refractivity contribution >= 4 is 11.9 Å². The van der Waals surface area contributed by atoms with E-state index in [1.165, 1.54) is 0 Å². The van der Waals surface area contributed by atoms with E-state index in [0.29, 0.717) is 18.1 Å². The number of nitrogens with zero attached hydrogens (tertiary/aromatic N) is 1. The van der Waals surface area contributed by atoms with E-state index in [-0.39, 0.29) is 0 Å². The molecule has 0 atom stereocenters. The van der Waals surface area contributed by atoms with Crippen LogP contribution in [0, 0.1) is 0 Å². The van der Waals surface area contributed by atoms with Crippen LogP contribution in [0.3, 0.4) is 0 Å². The number of carbonyl (C=O) groups is 1. The molecule has 5 heteroatoms. The molecule has 0 saturated heterocycles. The van der Waals surface area contributed by atoms with E-state index in [2.05, 4.69) is 10.3 Å². The number of hydrogen-bond donors (Lipinski definition) is 2. The SMILES string of the molecule is CC(C)(C)OC(=O)Nc1cccc(CN)n1. The first kappa shape index (κ1) is 12.4. The van der Waals surface area contributed by atoms with Gasteiger partial charge in [-0.3, -0.25) is 5.32 Å². The van der Waals surface area contributed by atoms with E-state index < -0.39 is 11.7 Å². The lowest BCUT2D eigenvalue weighted by Gasteiger charge is -2.19. The molecule has 1 heterocycles. The van der Waals surface area contributed by atoms with Gasteiger partial charge in [0, 0.05) is 6.54 Å². The number of aromatic nitrogens is 1. The Morgan fingerprint density at radius 2 is 2.19 bits per heavy atom. The van der Waals surface area contributed by atoms with Crippen LogP contribution in [-0.2, 0) is 11.3 Å². The van der Waals surface area contributed by atoms with Crippen LogP contribution in [0.1, 0.15) is 26.5 Å². The van der Waals surface area contributed by atoms with Crippen molar-refractivity contribution in [2.45, 2.75) is 32.9 Å². The van der Waals surface area contributed by atoms with Gasteiger partial charge in [-0.2, -0.15) is 0 Å². The van der Waals surface area contributed by atoms with Gasteiger partial charge in [-0.15, -0.1) is 0 Å². The summed E-state index contributed by atoms with van der Waals surface area (Å²) in [5.74, 6) is 0.442. The molecular formula is C11H17N3O2. The van der Waals surface area contributed by atoms with Crippen LogP contribution in [0.4, 0.5) is 10.6 Å². The second kappa shape index (κ2) is 4.94. The minimum Gasteiger partial charge on any atom is -0.444 e. The second-order valence-corrected chi connectivity index (χ2v) is 4.35. The zero-order valence-electron chi connectivity index (χ0n) is 9.78. The molecule has 0 aliphatic heterocycles. The predicted molar refractivity (Wildman–Crippen MR) is 62.0 cm³/mol. The van der Waals surface area contributed by atoms with Crippen LogP contribution in [0.15, 0.2) is 18.2 Å². The maximum Gasteiger partial charge on any atom is 0.413 e. The molecule has 1 aromatic rings. The van der Waals surface area contributed by atoms with Crippen molar-refractivity contribution in [2.75, 3.05) is 5.32 Å². The van der Waals surface area contributed by atoms with Gasteiger partial charge >= 0.3 is 6.09 Å². The number of nitrogens with two attached hydrogens (primary N) is 1. The molecule has 3 N–H and O–H groups in total. The van der Waals surface area contributed by atoms with E-state index >= 15 is 0 Å². The van der Waals surface area contributed by atoms with Crippen molar-refractivity contribution in [1.29, 1.82) is 0 Å². The molecule has 16 heavy (non-hydrogen) atoms.